The number of phenols is 2. The molecule has 0 radical (unpaired) electrons. The summed E-state index contributed by atoms with van der Waals surface area (Å²) in [5, 5.41) is 19.7. The molecule has 2 heterocycles. The van der Waals surface area contributed by atoms with Gasteiger partial charge in [0.2, 0.25) is 11.8 Å². The van der Waals surface area contributed by atoms with Gasteiger partial charge in [0.1, 0.15) is 23.0 Å². The average molecular weight is 448 g/mol. The van der Waals surface area contributed by atoms with Gasteiger partial charge in [-0.1, -0.05) is 18.2 Å². The number of carbonyl (C=O) groups is 3. The number of esters is 1. The van der Waals surface area contributed by atoms with Crippen LogP contribution in [0.2, 0.25) is 0 Å². The van der Waals surface area contributed by atoms with Crippen molar-refractivity contribution < 1.29 is 34.1 Å². The Balaban J connectivity index is 0.000000281. The van der Waals surface area contributed by atoms with Gasteiger partial charge < -0.3 is 31.2 Å². The summed E-state index contributed by atoms with van der Waals surface area (Å²) in [7, 11) is 0. The number of hydrogen-bond acceptors (Lipinski definition) is 7. The number of rotatable bonds is 3. The summed E-state index contributed by atoms with van der Waals surface area (Å²) in [5.74, 6) is -0.585. The summed E-state index contributed by atoms with van der Waals surface area (Å²) in [4.78, 5) is 32.4. The van der Waals surface area contributed by atoms with E-state index in [-0.39, 0.29) is 24.3 Å². The Morgan fingerprint density at radius 1 is 0.788 bits per heavy atom. The van der Waals surface area contributed by atoms with Gasteiger partial charge in [-0.3, -0.25) is 9.59 Å². The van der Waals surface area contributed by atoms with Gasteiger partial charge >= 0.3 is 5.97 Å². The minimum Gasteiger partial charge on any atom is -0.508 e. The zero-order valence-corrected chi connectivity index (χ0v) is 17.3. The Bertz CT molecular complexity index is 1220. The van der Waals surface area contributed by atoms with Crippen LogP contribution in [0.1, 0.15) is 39.9 Å². The first-order chi connectivity index (χ1) is 15.7. The molecular weight excluding hydrogens is 428 g/mol. The third kappa shape index (κ3) is 3.80. The summed E-state index contributed by atoms with van der Waals surface area (Å²) in [5.41, 5.74) is 10.7. The van der Waals surface area contributed by atoms with Crippen molar-refractivity contribution in [1.29, 1.82) is 0 Å². The standard InChI is InChI=1S/C20H12O5.C4H8N2O2/c21-11-5-7-15-17(9-11)24-18-10-12(22)6-8-16(18)20(15)14-4-2-1-3-13(14)19(23)25-20;5-3(7)1-2-4(6)8/h1-10,21-22H;1-2H2,(H2,5,7)(H2,6,8). The number of amides is 2. The van der Waals surface area contributed by atoms with Crippen LogP contribution in [0.15, 0.2) is 60.7 Å². The van der Waals surface area contributed by atoms with E-state index < -0.39 is 23.4 Å². The van der Waals surface area contributed by atoms with Crippen LogP contribution >= 0.6 is 0 Å². The zero-order chi connectivity index (χ0) is 23.8. The van der Waals surface area contributed by atoms with Gasteiger partial charge in [-0.2, -0.15) is 0 Å². The highest BCUT2D eigenvalue weighted by Gasteiger charge is 2.53. The van der Waals surface area contributed by atoms with Gasteiger partial charge in [0.05, 0.1) is 5.56 Å². The monoisotopic (exact) mass is 448 g/mol. The maximum atomic E-state index is 12.5. The normalized spacial score (nSPS) is 14.0. The van der Waals surface area contributed by atoms with Crippen LogP contribution in [-0.4, -0.2) is 28.0 Å². The van der Waals surface area contributed by atoms with Gasteiger partial charge in [0.15, 0.2) is 5.60 Å². The summed E-state index contributed by atoms with van der Waals surface area (Å²) in [6.45, 7) is 0. The van der Waals surface area contributed by atoms with Crippen LogP contribution < -0.4 is 16.2 Å². The lowest BCUT2D eigenvalue weighted by molar-refractivity contribution is -0.123. The Morgan fingerprint density at radius 2 is 1.30 bits per heavy atom. The molecule has 1 spiro atoms. The Labute approximate surface area is 188 Å². The molecule has 168 valence electrons. The largest absolute Gasteiger partial charge is 0.508 e. The van der Waals surface area contributed by atoms with Crippen molar-refractivity contribution >= 4 is 17.8 Å². The molecule has 3 aromatic rings. The molecule has 0 atom stereocenters. The molecule has 0 saturated heterocycles. The van der Waals surface area contributed by atoms with Crippen molar-refractivity contribution in [2.75, 3.05) is 0 Å². The highest BCUT2D eigenvalue weighted by atomic mass is 16.6. The topological polar surface area (TPSA) is 162 Å². The van der Waals surface area contributed by atoms with E-state index in [0.717, 1.165) is 0 Å². The third-order valence-corrected chi connectivity index (χ3v) is 5.30. The van der Waals surface area contributed by atoms with Crippen LogP contribution in [0, 0.1) is 0 Å². The fraction of sp³-hybridized carbons (Fsp3) is 0.125. The molecular formula is C24H20N2O7. The van der Waals surface area contributed by atoms with Gasteiger partial charge in [0.25, 0.3) is 0 Å². The fourth-order valence-corrected chi connectivity index (χ4v) is 3.90. The Kier molecular flexibility index (Phi) is 5.39. The number of aromatic hydroxyl groups is 2. The number of ether oxygens (including phenoxy) is 2. The second-order valence-corrected chi connectivity index (χ2v) is 7.51. The number of fused-ring (bicyclic) bond motifs is 6. The number of nitrogens with two attached hydrogens (primary N) is 2. The molecule has 5 rings (SSSR count). The molecule has 2 aliphatic rings. The van der Waals surface area contributed by atoms with Crippen LogP contribution in [0.25, 0.3) is 0 Å². The highest BCUT2D eigenvalue weighted by Crippen LogP contribution is 2.56. The van der Waals surface area contributed by atoms with Gasteiger partial charge in [-0.05, 0) is 30.3 Å². The van der Waals surface area contributed by atoms with E-state index in [2.05, 4.69) is 0 Å². The molecule has 33 heavy (non-hydrogen) atoms. The third-order valence-electron chi connectivity index (χ3n) is 5.30. The van der Waals surface area contributed by atoms with Gasteiger partial charge in [-0.25, -0.2) is 4.79 Å². The number of benzene rings is 3. The maximum absolute atomic E-state index is 12.5. The molecule has 0 aliphatic carbocycles. The quantitative estimate of drug-likeness (QED) is 0.447. The predicted octanol–water partition coefficient (Wildman–Crippen LogP) is 2.40. The van der Waals surface area contributed by atoms with Crippen molar-refractivity contribution in [2.45, 2.75) is 18.4 Å². The molecule has 0 saturated carbocycles. The summed E-state index contributed by atoms with van der Waals surface area (Å²) in [6.07, 6.45) is 0.102. The highest BCUT2D eigenvalue weighted by molar-refractivity contribution is 5.97. The molecule has 0 aromatic heterocycles. The minimum absolute atomic E-state index is 0.0371. The zero-order valence-electron chi connectivity index (χ0n) is 17.3. The second kappa shape index (κ2) is 8.19. The first kappa shape index (κ1) is 21.7. The van der Waals surface area contributed by atoms with Gasteiger partial charge in [0, 0.05) is 41.7 Å². The van der Waals surface area contributed by atoms with Crippen LogP contribution in [0.3, 0.4) is 0 Å². The Hall–Kier alpha value is -4.53. The van der Waals surface area contributed by atoms with Crippen molar-refractivity contribution in [3.05, 3.63) is 82.9 Å². The molecule has 9 nitrogen and oxygen atoms in total. The summed E-state index contributed by atoms with van der Waals surface area (Å²) in [6, 6.07) is 16.6. The second-order valence-electron chi connectivity index (χ2n) is 7.51. The lowest BCUT2D eigenvalue weighted by Crippen LogP contribution is -2.32. The van der Waals surface area contributed by atoms with E-state index in [4.69, 9.17) is 20.9 Å². The average Bonchev–Trinajstić information content (AvgIpc) is 3.06. The Morgan fingerprint density at radius 3 is 1.82 bits per heavy atom. The first-order valence-corrected chi connectivity index (χ1v) is 9.96. The smallest absolute Gasteiger partial charge is 0.340 e. The van der Waals surface area contributed by atoms with Crippen molar-refractivity contribution in [3.63, 3.8) is 0 Å². The van der Waals surface area contributed by atoms with E-state index >= 15 is 0 Å². The van der Waals surface area contributed by atoms with E-state index in [1.807, 2.05) is 12.1 Å². The van der Waals surface area contributed by atoms with Crippen molar-refractivity contribution in [1.82, 2.24) is 0 Å². The molecule has 9 heteroatoms. The van der Waals surface area contributed by atoms with E-state index in [1.54, 1.807) is 24.3 Å². The van der Waals surface area contributed by atoms with Gasteiger partial charge in [-0.15, -0.1) is 0 Å². The van der Waals surface area contributed by atoms with E-state index in [0.29, 0.717) is 33.8 Å². The summed E-state index contributed by atoms with van der Waals surface area (Å²) >= 11 is 0. The molecule has 2 amide bonds. The fourth-order valence-electron chi connectivity index (χ4n) is 3.90. The molecule has 3 aromatic carbocycles. The minimum atomic E-state index is -1.17. The predicted molar refractivity (Wildman–Crippen MR) is 116 cm³/mol. The molecule has 0 unspecified atom stereocenters. The van der Waals surface area contributed by atoms with Crippen LogP contribution in [-0.2, 0) is 19.9 Å². The van der Waals surface area contributed by atoms with Crippen LogP contribution in [0.4, 0.5) is 0 Å². The maximum Gasteiger partial charge on any atom is 0.340 e. The number of primary amides is 2. The molecule has 0 bridgehead atoms. The SMILES string of the molecule is NC(=O)CCC(N)=O.O=C1OC2(c3ccc(O)cc3Oc3cc(O)ccc32)c2ccccc21. The molecule has 2 aliphatic heterocycles. The van der Waals surface area contributed by atoms with E-state index in [1.165, 1.54) is 24.3 Å². The van der Waals surface area contributed by atoms with Crippen LogP contribution in [0.5, 0.6) is 23.0 Å². The number of hydrogen-bond donors (Lipinski definition) is 4. The van der Waals surface area contributed by atoms with Crippen molar-refractivity contribution in [2.24, 2.45) is 11.5 Å². The van der Waals surface area contributed by atoms with Crippen molar-refractivity contribution in [3.8, 4) is 23.0 Å². The molecule has 6 N–H and O–H groups in total. The number of carbonyl (C=O) groups excluding carboxylic acids is 3. The summed E-state index contributed by atoms with van der Waals surface area (Å²) < 4.78 is 11.8. The number of phenolic OH excluding ortho intramolecular Hbond substituents is 2. The lowest BCUT2D eigenvalue weighted by Gasteiger charge is -2.36. The first-order valence-electron chi connectivity index (χ1n) is 9.96. The lowest BCUT2D eigenvalue weighted by atomic mass is 9.77. The van der Waals surface area contributed by atoms with E-state index in [9.17, 15) is 24.6 Å². The molecule has 0 fully saturated rings.